The van der Waals surface area contributed by atoms with Gasteiger partial charge in [0, 0.05) is 46.0 Å². The fraction of sp³-hybridized carbons (Fsp3) is 1.00. The molecule has 0 aliphatic carbocycles. The van der Waals surface area contributed by atoms with Gasteiger partial charge in [0.1, 0.15) is 0 Å². The molecule has 102 valence electrons. The standard InChI is InChI=1S/C13H28N2O2/c1-3-17-13-6-8-15(9-7-13)11-12(14)5-4-10-16-2/h12-13H,3-11,14H2,1-2H3. The minimum Gasteiger partial charge on any atom is -0.385 e. The van der Waals surface area contributed by atoms with E-state index in [2.05, 4.69) is 11.8 Å². The molecule has 2 N–H and O–H groups in total. The van der Waals surface area contributed by atoms with Gasteiger partial charge in [0.2, 0.25) is 0 Å². The van der Waals surface area contributed by atoms with Crippen LogP contribution in [0, 0.1) is 0 Å². The highest BCUT2D eigenvalue weighted by atomic mass is 16.5. The average Bonchev–Trinajstić information content (AvgIpc) is 2.32. The van der Waals surface area contributed by atoms with Crippen molar-refractivity contribution in [3.05, 3.63) is 0 Å². The molecule has 0 aromatic rings. The average molecular weight is 244 g/mol. The van der Waals surface area contributed by atoms with E-state index in [0.717, 1.165) is 58.5 Å². The third-order valence-corrected chi connectivity index (χ3v) is 3.35. The maximum absolute atomic E-state index is 6.11. The Bertz CT molecular complexity index is 182. The monoisotopic (exact) mass is 244 g/mol. The van der Waals surface area contributed by atoms with Gasteiger partial charge in [-0.1, -0.05) is 0 Å². The van der Waals surface area contributed by atoms with Gasteiger partial charge in [0.25, 0.3) is 0 Å². The Labute approximate surface area is 105 Å². The molecular formula is C13H28N2O2. The summed E-state index contributed by atoms with van der Waals surface area (Å²) in [6, 6.07) is 0.286. The van der Waals surface area contributed by atoms with Crippen molar-refractivity contribution in [1.82, 2.24) is 4.90 Å². The molecular weight excluding hydrogens is 216 g/mol. The lowest BCUT2D eigenvalue weighted by Gasteiger charge is -2.33. The van der Waals surface area contributed by atoms with E-state index in [1.165, 1.54) is 0 Å². The molecule has 0 bridgehead atoms. The Hall–Kier alpha value is -0.160. The quantitative estimate of drug-likeness (QED) is 0.653. The first kappa shape index (κ1) is 14.9. The second-order valence-electron chi connectivity index (χ2n) is 4.85. The first-order valence-electron chi connectivity index (χ1n) is 6.84. The van der Waals surface area contributed by atoms with Crippen LogP contribution in [0.1, 0.15) is 32.6 Å². The summed E-state index contributed by atoms with van der Waals surface area (Å²) in [5.41, 5.74) is 6.11. The highest BCUT2D eigenvalue weighted by molar-refractivity contribution is 4.76. The summed E-state index contributed by atoms with van der Waals surface area (Å²) in [6.45, 7) is 6.99. The van der Waals surface area contributed by atoms with Crippen molar-refractivity contribution >= 4 is 0 Å². The van der Waals surface area contributed by atoms with Crippen molar-refractivity contribution in [2.45, 2.75) is 44.8 Å². The van der Waals surface area contributed by atoms with Gasteiger partial charge in [-0.3, -0.25) is 0 Å². The van der Waals surface area contributed by atoms with Crippen LogP contribution >= 0.6 is 0 Å². The summed E-state index contributed by atoms with van der Waals surface area (Å²) >= 11 is 0. The van der Waals surface area contributed by atoms with E-state index in [0.29, 0.717) is 6.10 Å². The third-order valence-electron chi connectivity index (χ3n) is 3.35. The van der Waals surface area contributed by atoms with Gasteiger partial charge < -0.3 is 20.1 Å². The van der Waals surface area contributed by atoms with Gasteiger partial charge in [-0.05, 0) is 32.6 Å². The Morgan fingerprint density at radius 2 is 2.06 bits per heavy atom. The van der Waals surface area contributed by atoms with Gasteiger partial charge in [0.15, 0.2) is 0 Å². The molecule has 1 aliphatic heterocycles. The Balaban J connectivity index is 2.08. The van der Waals surface area contributed by atoms with E-state index in [-0.39, 0.29) is 6.04 Å². The topological polar surface area (TPSA) is 47.7 Å². The van der Waals surface area contributed by atoms with Crippen molar-refractivity contribution in [1.29, 1.82) is 0 Å². The molecule has 1 aliphatic rings. The number of rotatable bonds is 8. The summed E-state index contributed by atoms with van der Waals surface area (Å²) in [4.78, 5) is 2.47. The lowest BCUT2D eigenvalue weighted by molar-refractivity contribution is 0.0129. The van der Waals surface area contributed by atoms with E-state index in [1.54, 1.807) is 7.11 Å². The van der Waals surface area contributed by atoms with Crippen LogP contribution in [0.2, 0.25) is 0 Å². The zero-order chi connectivity index (χ0) is 12.5. The maximum Gasteiger partial charge on any atom is 0.0599 e. The Kier molecular flexibility index (Phi) is 7.77. The first-order chi connectivity index (χ1) is 8.26. The number of piperidine rings is 1. The molecule has 0 aromatic heterocycles. The molecule has 4 nitrogen and oxygen atoms in total. The van der Waals surface area contributed by atoms with Crippen molar-refractivity contribution < 1.29 is 9.47 Å². The van der Waals surface area contributed by atoms with Crippen LogP contribution in [0.15, 0.2) is 0 Å². The van der Waals surface area contributed by atoms with Gasteiger partial charge in [-0.2, -0.15) is 0 Å². The van der Waals surface area contributed by atoms with Crippen molar-refractivity contribution in [2.24, 2.45) is 5.73 Å². The molecule has 4 heteroatoms. The van der Waals surface area contributed by atoms with Gasteiger partial charge >= 0.3 is 0 Å². The van der Waals surface area contributed by atoms with Crippen LogP contribution in [0.3, 0.4) is 0 Å². The number of hydrogen-bond acceptors (Lipinski definition) is 4. The molecule has 1 atom stereocenters. The van der Waals surface area contributed by atoms with Crippen molar-refractivity contribution in [3.63, 3.8) is 0 Å². The van der Waals surface area contributed by atoms with Gasteiger partial charge in [-0.25, -0.2) is 0 Å². The predicted molar refractivity (Wildman–Crippen MR) is 70.2 cm³/mol. The fourth-order valence-electron chi connectivity index (χ4n) is 2.41. The fourth-order valence-corrected chi connectivity index (χ4v) is 2.41. The zero-order valence-corrected chi connectivity index (χ0v) is 11.4. The van der Waals surface area contributed by atoms with Gasteiger partial charge in [-0.15, -0.1) is 0 Å². The van der Waals surface area contributed by atoms with E-state index >= 15 is 0 Å². The van der Waals surface area contributed by atoms with Crippen LogP contribution in [0.4, 0.5) is 0 Å². The lowest BCUT2D eigenvalue weighted by atomic mass is 10.1. The summed E-state index contributed by atoms with van der Waals surface area (Å²) in [6.07, 6.45) is 4.89. The van der Waals surface area contributed by atoms with E-state index in [9.17, 15) is 0 Å². The number of ether oxygens (including phenoxy) is 2. The lowest BCUT2D eigenvalue weighted by Crippen LogP contribution is -2.43. The van der Waals surface area contributed by atoms with Crippen LogP contribution in [-0.2, 0) is 9.47 Å². The second kappa shape index (κ2) is 8.86. The van der Waals surface area contributed by atoms with Crippen molar-refractivity contribution in [2.75, 3.05) is 40.0 Å². The zero-order valence-electron chi connectivity index (χ0n) is 11.4. The molecule has 0 aromatic carbocycles. The van der Waals surface area contributed by atoms with E-state index in [4.69, 9.17) is 15.2 Å². The van der Waals surface area contributed by atoms with Crippen LogP contribution in [0.5, 0.6) is 0 Å². The summed E-state index contributed by atoms with van der Waals surface area (Å²) in [5, 5.41) is 0. The van der Waals surface area contributed by atoms with Gasteiger partial charge in [0.05, 0.1) is 6.10 Å². The number of nitrogens with zero attached hydrogens (tertiary/aromatic N) is 1. The predicted octanol–water partition coefficient (Wildman–Crippen LogP) is 1.24. The number of hydrogen-bond donors (Lipinski definition) is 1. The second-order valence-corrected chi connectivity index (χ2v) is 4.85. The third kappa shape index (κ3) is 6.36. The van der Waals surface area contributed by atoms with Crippen molar-refractivity contribution in [3.8, 4) is 0 Å². The molecule has 1 rings (SSSR count). The minimum atomic E-state index is 0.286. The van der Waals surface area contributed by atoms with Crippen LogP contribution in [-0.4, -0.2) is 57.0 Å². The molecule has 0 amide bonds. The van der Waals surface area contributed by atoms with Crippen LogP contribution in [0.25, 0.3) is 0 Å². The minimum absolute atomic E-state index is 0.286. The molecule has 1 heterocycles. The SMILES string of the molecule is CCOC1CCN(CC(N)CCCOC)CC1. The molecule has 0 radical (unpaired) electrons. The largest absolute Gasteiger partial charge is 0.385 e. The molecule has 1 fully saturated rings. The summed E-state index contributed by atoms with van der Waals surface area (Å²) in [5.74, 6) is 0. The Morgan fingerprint density at radius 3 is 2.65 bits per heavy atom. The Morgan fingerprint density at radius 1 is 1.35 bits per heavy atom. The summed E-state index contributed by atoms with van der Waals surface area (Å²) in [7, 11) is 1.74. The number of nitrogens with two attached hydrogens (primary N) is 1. The van der Waals surface area contributed by atoms with E-state index < -0.39 is 0 Å². The highest BCUT2D eigenvalue weighted by Gasteiger charge is 2.20. The van der Waals surface area contributed by atoms with E-state index in [1.807, 2.05) is 0 Å². The molecule has 0 spiro atoms. The molecule has 1 saturated heterocycles. The number of likely N-dealkylation sites (tertiary alicyclic amines) is 1. The molecule has 1 unspecified atom stereocenters. The molecule has 0 saturated carbocycles. The normalized spacial score (nSPS) is 20.6. The first-order valence-corrected chi connectivity index (χ1v) is 6.84. The number of methoxy groups -OCH3 is 1. The summed E-state index contributed by atoms with van der Waals surface area (Å²) < 4.78 is 10.7. The molecule has 17 heavy (non-hydrogen) atoms. The maximum atomic E-state index is 6.11. The highest BCUT2D eigenvalue weighted by Crippen LogP contribution is 2.14. The smallest absolute Gasteiger partial charge is 0.0599 e. The van der Waals surface area contributed by atoms with Crippen LogP contribution < -0.4 is 5.73 Å².